The van der Waals surface area contributed by atoms with Gasteiger partial charge in [-0.05, 0) is 0 Å². The van der Waals surface area contributed by atoms with E-state index in [4.69, 9.17) is 0 Å². The zero-order chi connectivity index (χ0) is 8.81. The van der Waals surface area contributed by atoms with Gasteiger partial charge in [0.2, 0.25) is 0 Å². The Labute approximate surface area is 79.9 Å². The fourth-order valence-corrected chi connectivity index (χ4v) is 2.43. The summed E-state index contributed by atoms with van der Waals surface area (Å²) in [6.07, 6.45) is 0. The molecule has 0 radical (unpaired) electrons. The van der Waals surface area contributed by atoms with Crippen molar-refractivity contribution in [1.29, 1.82) is 0 Å². The maximum atomic E-state index is 2.30. The monoisotopic (exact) mass is 328 g/mol. The maximum absolute atomic E-state index is 2.30. The van der Waals surface area contributed by atoms with E-state index in [0.29, 0.717) is 3.93 Å². The zero-order valence-electron chi connectivity index (χ0n) is 7.83. The second-order valence-corrected chi connectivity index (χ2v) is 5.85. The first-order chi connectivity index (χ1) is 4.89. The van der Waals surface area contributed by atoms with Crippen molar-refractivity contribution in [3.63, 3.8) is 0 Å². The van der Waals surface area contributed by atoms with Crippen LogP contribution in [0.15, 0.2) is 22.3 Å². The summed E-state index contributed by atoms with van der Waals surface area (Å²) in [6.45, 7) is 11.2. The van der Waals surface area contributed by atoms with Crippen molar-refractivity contribution in [2.45, 2.75) is 38.5 Å². The summed E-state index contributed by atoms with van der Waals surface area (Å²) in [5.41, 5.74) is 6.06. The molecule has 0 aromatic heterocycles. The van der Waals surface area contributed by atoms with Crippen molar-refractivity contribution in [3.05, 3.63) is 22.3 Å². The molecule has 1 rings (SSSR count). The molecule has 1 aliphatic rings. The van der Waals surface area contributed by atoms with E-state index in [1.807, 2.05) is 0 Å². The van der Waals surface area contributed by atoms with Crippen LogP contribution in [-0.4, -0.2) is 0 Å². The molecule has 63 valence electrons. The Kier molecular flexibility index (Phi) is 2.15. The van der Waals surface area contributed by atoms with Crippen molar-refractivity contribution in [3.8, 4) is 0 Å². The van der Waals surface area contributed by atoms with Crippen LogP contribution in [-0.2, 0) is 18.9 Å². The molecule has 0 saturated heterocycles. The van der Waals surface area contributed by atoms with E-state index in [9.17, 15) is 0 Å². The van der Waals surface area contributed by atoms with Gasteiger partial charge in [-0.15, -0.1) is 0 Å². The molecule has 0 heterocycles. The molecule has 0 nitrogen and oxygen atoms in total. The van der Waals surface area contributed by atoms with E-state index in [1.54, 1.807) is 0 Å². The molecule has 11 heavy (non-hydrogen) atoms. The summed E-state index contributed by atoms with van der Waals surface area (Å²) in [7, 11) is 0. The minimum absolute atomic E-state index is 0.314. The molecule has 0 unspecified atom stereocenters. The van der Waals surface area contributed by atoms with Gasteiger partial charge >= 0.3 is 79.7 Å². The van der Waals surface area contributed by atoms with Crippen molar-refractivity contribution < 1.29 is 18.9 Å². The Morgan fingerprint density at radius 1 is 0.909 bits per heavy atom. The Bertz CT molecular complexity index is 228. The van der Waals surface area contributed by atoms with Gasteiger partial charge in [0.05, 0.1) is 0 Å². The van der Waals surface area contributed by atoms with Gasteiger partial charge in [-0.25, -0.2) is 0 Å². The van der Waals surface area contributed by atoms with Crippen molar-refractivity contribution >= 4 is 0 Å². The average Bonchev–Trinajstić information content (AvgIpc) is 2.06. The van der Waals surface area contributed by atoms with Crippen LogP contribution in [0.1, 0.15) is 34.6 Å². The van der Waals surface area contributed by atoms with Crippen LogP contribution in [0.4, 0.5) is 0 Å². The van der Waals surface area contributed by atoms with Crippen LogP contribution in [0.25, 0.3) is 0 Å². The second kappa shape index (κ2) is 2.57. The molecule has 0 atom stereocenters. The van der Waals surface area contributed by atoms with Gasteiger partial charge < -0.3 is 0 Å². The topological polar surface area (TPSA) is 0 Å². The molecule has 0 bridgehead atoms. The van der Waals surface area contributed by atoms with Gasteiger partial charge in [0.1, 0.15) is 0 Å². The van der Waals surface area contributed by atoms with E-state index < -0.39 is 0 Å². The van der Waals surface area contributed by atoms with Crippen molar-refractivity contribution in [2.75, 3.05) is 0 Å². The van der Waals surface area contributed by atoms with Crippen LogP contribution >= 0.6 is 0 Å². The first-order valence-corrected chi connectivity index (χ1v) is 5.11. The third-order valence-corrected chi connectivity index (χ3v) is 4.86. The Morgan fingerprint density at radius 3 is 1.27 bits per heavy atom. The molecular weight excluding hydrogens is 312 g/mol. The molecule has 1 heteroatoms. The van der Waals surface area contributed by atoms with Gasteiger partial charge in [0.15, 0.2) is 0 Å². The van der Waals surface area contributed by atoms with Crippen LogP contribution < -0.4 is 0 Å². The molecular formula is C10H15Ir+. The summed E-state index contributed by atoms with van der Waals surface area (Å²) in [5.74, 6) is 0. The standard InChI is InChI=1S/C10H15.Ir/c1-6-7(2)9(4)10(5)8(6)3;/h1-5H3;/q;+1. The molecule has 0 saturated carbocycles. The molecule has 0 N–H and O–H groups in total. The van der Waals surface area contributed by atoms with E-state index >= 15 is 0 Å². The van der Waals surface area contributed by atoms with Crippen LogP contribution in [0, 0.1) is 0 Å². The molecule has 1 aliphatic carbocycles. The van der Waals surface area contributed by atoms with Gasteiger partial charge in [-0.3, -0.25) is 0 Å². The second-order valence-electron chi connectivity index (χ2n) is 3.46. The van der Waals surface area contributed by atoms with Crippen LogP contribution in [0.5, 0.6) is 0 Å². The first kappa shape index (κ1) is 9.22. The normalized spacial score (nSPS) is 23.5. The summed E-state index contributed by atoms with van der Waals surface area (Å²) in [6, 6.07) is 0. The number of rotatable bonds is 0. The summed E-state index contributed by atoms with van der Waals surface area (Å²) in [5, 5.41) is 0. The van der Waals surface area contributed by atoms with Crippen molar-refractivity contribution in [2.24, 2.45) is 0 Å². The predicted octanol–water partition coefficient (Wildman–Crippen LogP) is 3.40. The van der Waals surface area contributed by atoms with Crippen molar-refractivity contribution in [1.82, 2.24) is 0 Å². The molecule has 0 spiro atoms. The van der Waals surface area contributed by atoms with Gasteiger partial charge in [0.25, 0.3) is 0 Å². The quantitative estimate of drug-likeness (QED) is 0.640. The van der Waals surface area contributed by atoms with Crippen LogP contribution in [0.2, 0.25) is 3.93 Å². The van der Waals surface area contributed by atoms with Gasteiger partial charge in [-0.2, -0.15) is 0 Å². The molecule has 0 aromatic rings. The zero-order valence-corrected chi connectivity index (χ0v) is 10.2. The third kappa shape index (κ3) is 1.15. The van der Waals surface area contributed by atoms with Gasteiger partial charge in [0, 0.05) is 0 Å². The Morgan fingerprint density at radius 2 is 1.18 bits per heavy atom. The summed E-state index contributed by atoms with van der Waals surface area (Å²) in [4.78, 5) is 0. The number of hydrogen-bond acceptors (Lipinski definition) is 0. The Balaban J connectivity index is 3.27. The van der Waals surface area contributed by atoms with Gasteiger partial charge in [-0.1, -0.05) is 0 Å². The summed E-state index contributed by atoms with van der Waals surface area (Å²) >= 11 is 2.30. The Hall–Kier alpha value is 0.129. The first-order valence-electron chi connectivity index (χ1n) is 3.92. The number of hydrogen-bond donors (Lipinski definition) is 0. The van der Waals surface area contributed by atoms with E-state index in [1.165, 1.54) is 22.3 Å². The fourth-order valence-electron chi connectivity index (χ4n) is 1.53. The van der Waals surface area contributed by atoms with E-state index in [-0.39, 0.29) is 0 Å². The van der Waals surface area contributed by atoms with Crippen LogP contribution in [0.3, 0.4) is 0 Å². The molecule has 0 fully saturated rings. The number of allylic oxidation sites excluding steroid dienone is 4. The molecule has 0 amide bonds. The molecule has 0 aromatic carbocycles. The molecule has 0 aliphatic heterocycles. The summed E-state index contributed by atoms with van der Waals surface area (Å²) < 4.78 is 0.314. The predicted molar refractivity (Wildman–Crippen MR) is 45.1 cm³/mol. The third-order valence-electron chi connectivity index (χ3n) is 3.06. The average molecular weight is 327 g/mol. The SMILES string of the molecule is CC1=C(C)[C](C)([Ir+])C(C)=C1C. The van der Waals surface area contributed by atoms with E-state index in [2.05, 4.69) is 53.5 Å². The minimum atomic E-state index is 0.314. The van der Waals surface area contributed by atoms with E-state index in [0.717, 1.165) is 0 Å². The fraction of sp³-hybridized carbons (Fsp3) is 0.600.